The highest BCUT2D eigenvalue weighted by Gasteiger charge is 2.45. The summed E-state index contributed by atoms with van der Waals surface area (Å²) in [6.45, 7) is 14.2. The van der Waals surface area contributed by atoms with Crippen molar-refractivity contribution in [2.24, 2.45) is 18.4 Å². The molecule has 0 aliphatic carbocycles. The summed E-state index contributed by atoms with van der Waals surface area (Å²) in [7, 11) is 1.87. The molecular weight excluding hydrogens is 360 g/mol. The summed E-state index contributed by atoms with van der Waals surface area (Å²) in [4.78, 5) is 15.5. The number of hydrogen-bond donors (Lipinski definition) is 1. The van der Waals surface area contributed by atoms with E-state index in [0.717, 1.165) is 23.9 Å². The number of aromatic nitrogens is 2. The molecule has 1 aliphatic heterocycles. The van der Waals surface area contributed by atoms with Gasteiger partial charge in [-0.1, -0.05) is 32.4 Å². The highest BCUT2D eigenvalue weighted by Crippen LogP contribution is 2.40. The number of carbonyl (C=O) groups excluding carboxylic acids is 1. The Morgan fingerprint density at radius 3 is 2.48 bits per heavy atom. The highest BCUT2D eigenvalue weighted by atomic mass is 35.5. The number of anilines is 1. The molecule has 5 nitrogen and oxygen atoms in total. The lowest BCUT2D eigenvalue weighted by Gasteiger charge is -2.36. The molecule has 0 radical (unpaired) electrons. The van der Waals surface area contributed by atoms with Crippen molar-refractivity contribution in [2.75, 3.05) is 11.9 Å². The second-order valence-corrected chi connectivity index (χ2v) is 10.2. The standard InChI is InChI=1S/C21H31ClN4O/c1-20(2,3)14-9-18(26(12-14)21(4,5)6)19(27)23-17-8-13-11-25(7)24-16(13)10-15(17)22/h8,10-11,14,18H,9,12H2,1-7H3,(H,23,27)/t14?,18-/m0/s1. The average Bonchev–Trinajstić information content (AvgIpc) is 3.09. The largest absolute Gasteiger partial charge is 0.323 e. The maximum Gasteiger partial charge on any atom is 0.241 e. The van der Waals surface area contributed by atoms with Crippen LogP contribution in [0.2, 0.25) is 5.02 Å². The van der Waals surface area contributed by atoms with Crippen molar-refractivity contribution in [2.45, 2.75) is 59.5 Å². The third-order valence-corrected chi connectivity index (χ3v) is 5.97. The van der Waals surface area contributed by atoms with Gasteiger partial charge in [0.05, 0.1) is 22.3 Å². The molecule has 1 aromatic heterocycles. The first-order chi connectivity index (χ1) is 12.4. The number of halogens is 1. The van der Waals surface area contributed by atoms with Crippen molar-refractivity contribution < 1.29 is 4.79 Å². The van der Waals surface area contributed by atoms with E-state index in [1.807, 2.05) is 19.3 Å². The molecule has 2 atom stereocenters. The van der Waals surface area contributed by atoms with Crippen LogP contribution in [0.4, 0.5) is 5.69 Å². The molecule has 1 saturated heterocycles. The van der Waals surface area contributed by atoms with Gasteiger partial charge in [-0.05, 0) is 50.7 Å². The van der Waals surface area contributed by atoms with Crippen molar-refractivity contribution in [3.8, 4) is 0 Å². The SMILES string of the molecule is Cn1cc2cc(NC(=O)[C@@H]3CC(C(C)(C)C)CN3C(C)(C)C)c(Cl)cc2n1. The Hall–Kier alpha value is -1.59. The van der Waals surface area contributed by atoms with Crippen LogP contribution in [-0.2, 0) is 11.8 Å². The number of carbonyl (C=O) groups is 1. The van der Waals surface area contributed by atoms with Crippen LogP contribution in [0.1, 0.15) is 48.0 Å². The van der Waals surface area contributed by atoms with E-state index in [1.54, 1.807) is 10.7 Å². The van der Waals surface area contributed by atoms with Crippen molar-refractivity contribution in [1.29, 1.82) is 0 Å². The summed E-state index contributed by atoms with van der Waals surface area (Å²) >= 11 is 6.41. The maximum atomic E-state index is 13.2. The molecule has 27 heavy (non-hydrogen) atoms. The van der Waals surface area contributed by atoms with Crippen LogP contribution >= 0.6 is 11.6 Å². The zero-order valence-corrected chi connectivity index (χ0v) is 18.2. The average molecular weight is 391 g/mol. The Labute approximate surface area is 167 Å². The van der Waals surface area contributed by atoms with Gasteiger partial charge in [-0.25, -0.2) is 0 Å². The van der Waals surface area contributed by atoms with Crippen LogP contribution in [0, 0.1) is 11.3 Å². The predicted molar refractivity (Wildman–Crippen MR) is 112 cm³/mol. The Kier molecular flexibility index (Phi) is 5.06. The summed E-state index contributed by atoms with van der Waals surface area (Å²) in [5.41, 5.74) is 1.57. The maximum absolute atomic E-state index is 13.2. The van der Waals surface area contributed by atoms with Gasteiger partial charge in [0, 0.05) is 30.7 Å². The summed E-state index contributed by atoms with van der Waals surface area (Å²) in [6.07, 6.45) is 2.79. The molecule has 1 unspecified atom stereocenters. The van der Waals surface area contributed by atoms with Gasteiger partial charge in [-0.2, -0.15) is 5.10 Å². The molecule has 3 rings (SSSR count). The van der Waals surface area contributed by atoms with Gasteiger partial charge < -0.3 is 5.32 Å². The van der Waals surface area contributed by atoms with Crippen molar-refractivity contribution in [3.63, 3.8) is 0 Å². The fourth-order valence-electron chi connectivity index (χ4n) is 3.93. The van der Waals surface area contributed by atoms with Gasteiger partial charge in [-0.15, -0.1) is 0 Å². The van der Waals surface area contributed by atoms with Gasteiger partial charge in [-0.3, -0.25) is 14.4 Å². The second kappa shape index (κ2) is 6.78. The van der Waals surface area contributed by atoms with E-state index in [9.17, 15) is 4.79 Å². The number of hydrogen-bond acceptors (Lipinski definition) is 3. The Morgan fingerprint density at radius 2 is 1.89 bits per heavy atom. The Bertz CT molecular complexity index is 859. The van der Waals surface area contributed by atoms with Gasteiger partial charge in [0.15, 0.2) is 0 Å². The molecule has 1 amide bonds. The number of fused-ring (bicyclic) bond motifs is 1. The third kappa shape index (κ3) is 4.14. The molecule has 0 spiro atoms. The topological polar surface area (TPSA) is 50.2 Å². The van der Waals surface area contributed by atoms with Crippen LogP contribution in [0.3, 0.4) is 0 Å². The van der Waals surface area contributed by atoms with Crippen molar-refractivity contribution in [1.82, 2.24) is 14.7 Å². The first-order valence-corrected chi connectivity index (χ1v) is 9.94. The van der Waals surface area contributed by atoms with Crippen LogP contribution < -0.4 is 5.32 Å². The van der Waals surface area contributed by atoms with Crippen LogP contribution in [0.5, 0.6) is 0 Å². The lowest BCUT2D eigenvalue weighted by molar-refractivity contribution is -0.121. The lowest BCUT2D eigenvalue weighted by atomic mass is 9.79. The molecule has 1 N–H and O–H groups in total. The zero-order valence-electron chi connectivity index (χ0n) is 17.4. The molecule has 0 saturated carbocycles. The second-order valence-electron chi connectivity index (χ2n) is 9.82. The summed E-state index contributed by atoms with van der Waals surface area (Å²) in [6, 6.07) is 3.55. The quantitative estimate of drug-likeness (QED) is 0.808. The molecule has 2 aromatic rings. The van der Waals surface area contributed by atoms with E-state index in [2.05, 4.69) is 56.9 Å². The first kappa shape index (κ1) is 20.2. The van der Waals surface area contributed by atoms with Crippen LogP contribution in [0.25, 0.3) is 10.9 Å². The Balaban J connectivity index is 1.86. The molecule has 148 valence electrons. The molecule has 2 heterocycles. The minimum absolute atomic E-state index is 0.0156. The van der Waals surface area contributed by atoms with Gasteiger partial charge in [0.1, 0.15) is 0 Å². The number of amides is 1. The minimum atomic E-state index is -0.158. The molecular formula is C21H31ClN4O. The first-order valence-electron chi connectivity index (χ1n) is 9.57. The van der Waals surface area contributed by atoms with E-state index in [4.69, 9.17) is 11.6 Å². The summed E-state index contributed by atoms with van der Waals surface area (Å²) < 4.78 is 1.75. The molecule has 0 bridgehead atoms. The number of benzene rings is 1. The molecule has 6 heteroatoms. The molecule has 1 aromatic carbocycles. The van der Waals surface area contributed by atoms with E-state index < -0.39 is 0 Å². The van der Waals surface area contributed by atoms with Gasteiger partial charge >= 0.3 is 0 Å². The fourth-order valence-corrected chi connectivity index (χ4v) is 4.14. The molecule has 1 fully saturated rings. The Morgan fingerprint density at radius 1 is 1.22 bits per heavy atom. The highest BCUT2D eigenvalue weighted by molar-refractivity contribution is 6.34. The fraction of sp³-hybridized carbons (Fsp3) is 0.619. The predicted octanol–water partition coefficient (Wildman–Crippen LogP) is 4.70. The zero-order chi connectivity index (χ0) is 20.1. The number of aryl methyl sites for hydroxylation is 1. The van der Waals surface area contributed by atoms with Crippen molar-refractivity contribution in [3.05, 3.63) is 23.4 Å². The normalized spacial score (nSPS) is 21.8. The smallest absolute Gasteiger partial charge is 0.241 e. The van der Waals surface area contributed by atoms with E-state index in [1.165, 1.54) is 0 Å². The minimum Gasteiger partial charge on any atom is -0.323 e. The van der Waals surface area contributed by atoms with E-state index in [0.29, 0.717) is 16.6 Å². The van der Waals surface area contributed by atoms with Crippen LogP contribution in [0.15, 0.2) is 18.3 Å². The molecule has 1 aliphatic rings. The number of rotatable bonds is 2. The van der Waals surface area contributed by atoms with E-state index >= 15 is 0 Å². The van der Waals surface area contributed by atoms with Crippen molar-refractivity contribution >= 4 is 34.1 Å². The van der Waals surface area contributed by atoms with Gasteiger partial charge in [0.25, 0.3) is 0 Å². The summed E-state index contributed by atoms with van der Waals surface area (Å²) in [5.74, 6) is 0.491. The number of likely N-dealkylation sites (tertiary alicyclic amines) is 1. The van der Waals surface area contributed by atoms with E-state index in [-0.39, 0.29) is 22.9 Å². The summed E-state index contributed by atoms with van der Waals surface area (Å²) in [5, 5.41) is 8.92. The monoisotopic (exact) mass is 390 g/mol. The third-order valence-electron chi connectivity index (χ3n) is 5.66. The van der Waals surface area contributed by atoms with Crippen LogP contribution in [-0.4, -0.2) is 38.7 Å². The number of nitrogens with one attached hydrogen (secondary N) is 1. The van der Waals surface area contributed by atoms with Gasteiger partial charge in [0.2, 0.25) is 5.91 Å². The lowest BCUT2D eigenvalue weighted by Crippen LogP contribution is -2.49. The number of nitrogens with zero attached hydrogens (tertiary/aromatic N) is 3.